The van der Waals surface area contributed by atoms with Gasteiger partial charge in [0, 0.05) is 5.02 Å². The number of carbonyl (C=O) groups excluding carboxylic acids is 1. The normalized spacial score (nSPS) is 17.0. The summed E-state index contributed by atoms with van der Waals surface area (Å²) in [6.07, 6.45) is 4.73. The fourth-order valence-electron chi connectivity index (χ4n) is 2.73. The summed E-state index contributed by atoms with van der Waals surface area (Å²) >= 11 is 11.1. The molecule has 6 heteroatoms. The van der Waals surface area contributed by atoms with Crippen molar-refractivity contribution in [2.24, 2.45) is 5.73 Å². The van der Waals surface area contributed by atoms with Crippen LogP contribution in [0.2, 0.25) is 5.02 Å². The second-order valence-electron chi connectivity index (χ2n) is 5.31. The molecule has 0 saturated heterocycles. The first kappa shape index (κ1) is 16.0. The monoisotopic (exact) mass is 326 g/mol. The highest BCUT2D eigenvalue weighted by atomic mass is 35.5. The number of hydrogen-bond acceptors (Lipinski definition) is 3. The maximum atomic E-state index is 12.6. The highest BCUT2D eigenvalue weighted by Crippen LogP contribution is 2.30. The van der Waals surface area contributed by atoms with Gasteiger partial charge in [0.2, 0.25) is 0 Å². The van der Waals surface area contributed by atoms with Gasteiger partial charge in [-0.15, -0.1) is 0 Å². The van der Waals surface area contributed by atoms with E-state index in [1.807, 2.05) is 0 Å². The number of benzene rings is 1. The van der Waals surface area contributed by atoms with E-state index in [1.54, 1.807) is 18.2 Å². The summed E-state index contributed by atoms with van der Waals surface area (Å²) in [5.41, 5.74) is 5.73. The molecule has 114 valence electrons. The van der Waals surface area contributed by atoms with Gasteiger partial charge >= 0.3 is 0 Å². The van der Waals surface area contributed by atoms with Gasteiger partial charge in [0.15, 0.2) is 0 Å². The van der Waals surface area contributed by atoms with Crippen LogP contribution in [0.25, 0.3) is 0 Å². The van der Waals surface area contributed by atoms with E-state index in [4.69, 9.17) is 34.3 Å². The third-order valence-electron chi connectivity index (χ3n) is 3.94. The van der Waals surface area contributed by atoms with Crippen molar-refractivity contribution in [3.63, 3.8) is 0 Å². The SMILES string of the molecule is COc1cc(Cl)ccc1C(=O)NC1(C(N)=S)CCCCC1. The second kappa shape index (κ2) is 6.62. The Balaban J connectivity index is 2.25. The Hall–Kier alpha value is -1.33. The van der Waals surface area contributed by atoms with E-state index in [-0.39, 0.29) is 5.91 Å². The molecule has 1 amide bonds. The maximum absolute atomic E-state index is 12.6. The number of ether oxygens (including phenoxy) is 1. The summed E-state index contributed by atoms with van der Waals surface area (Å²) < 4.78 is 5.22. The number of halogens is 1. The fourth-order valence-corrected chi connectivity index (χ4v) is 3.14. The van der Waals surface area contributed by atoms with E-state index in [9.17, 15) is 4.79 Å². The quantitative estimate of drug-likeness (QED) is 0.835. The van der Waals surface area contributed by atoms with Crippen LogP contribution in [-0.2, 0) is 0 Å². The Morgan fingerprint density at radius 3 is 2.62 bits per heavy atom. The molecule has 0 unspecified atom stereocenters. The molecule has 2 rings (SSSR count). The van der Waals surface area contributed by atoms with Crippen molar-refractivity contribution in [3.8, 4) is 5.75 Å². The summed E-state index contributed by atoms with van der Waals surface area (Å²) in [6, 6.07) is 4.92. The number of rotatable bonds is 4. The predicted molar refractivity (Wildman–Crippen MR) is 88.1 cm³/mol. The van der Waals surface area contributed by atoms with Gasteiger partial charge in [-0.25, -0.2) is 0 Å². The summed E-state index contributed by atoms with van der Waals surface area (Å²) in [5, 5.41) is 3.53. The van der Waals surface area contributed by atoms with Crippen LogP contribution in [-0.4, -0.2) is 23.5 Å². The van der Waals surface area contributed by atoms with Crippen LogP contribution in [0.5, 0.6) is 5.75 Å². The first-order valence-electron chi connectivity index (χ1n) is 6.94. The third-order valence-corrected chi connectivity index (χ3v) is 4.57. The van der Waals surface area contributed by atoms with Crippen LogP contribution >= 0.6 is 23.8 Å². The highest BCUT2D eigenvalue weighted by molar-refractivity contribution is 7.80. The summed E-state index contributed by atoms with van der Waals surface area (Å²) in [4.78, 5) is 12.9. The molecule has 0 bridgehead atoms. The third kappa shape index (κ3) is 3.47. The van der Waals surface area contributed by atoms with Gasteiger partial charge in [0.25, 0.3) is 5.91 Å². The average Bonchev–Trinajstić information content (AvgIpc) is 2.47. The Bertz CT molecular complexity index is 557. The van der Waals surface area contributed by atoms with Crippen LogP contribution in [0.15, 0.2) is 18.2 Å². The zero-order chi connectivity index (χ0) is 15.5. The van der Waals surface area contributed by atoms with Crippen LogP contribution in [0.3, 0.4) is 0 Å². The van der Waals surface area contributed by atoms with Crippen molar-refractivity contribution >= 4 is 34.7 Å². The van der Waals surface area contributed by atoms with Crippen molar-refractivity contribution in [2.75, 3.05) is 7.11 Å². The van der Waals surface area contributed by atoms with Crippen molar-refractivity contribution < 1.29 is 9.53 Å². The minimum atomic E-state index is -0.588. The smallest absolute Gasteiger partial charge is 0.255 e. The highest BCUT2D eigenvalue weighted by Gasteiger charge is 2.37. The maximum Gasteiger partial charge on any atom is 0.255 e. The predicted octanol–water partition coefficient (Wildman–Crippen LogP) is 3.07. The Morgan fingerprint density at radius 1 is 1.38 bits per heavy atom. The van der Waals surface area contributed by atoms with Crippen molar-refractivity contribution in [3.05, 3.63) is 28.8 Å². The molecule has 0 aromatic heterocycles. The topological polar surface area (TPSA) is 64.3 Å². The number of nitrogens with two attached hydrogens (primary N) is 1. The molecule has 3 N–H and O–H groups in total. The van der Waals surface area contributed by atoms with Crippen LogP contribution in [0, 0.1) is 0 Å². The molecule has 21 heavy (non-hydrogen) atoms. The molecule has 1 aliphatic carbocycles. The van der Waals surface area contributed by atoms with E-state index in [0.717, 1.165) is 32.1 Å². The molecular formula is C15H19ClN2O2S. The van der Waals surface area contributed by atoms with E-state index in [1.165, 1.54) is 7.11 Å². The minimum Gasteiger partial charge on any atom is -0.496 e. The van der Waals surface area contributed by atoms with Gasteiger partial charge in [-0.2, -0.15) is 0 Å². The molecule has 1 fully saturated rings. The van der Waals surface area contributed by atoms with Gasteiger partial charge in [0.1, 0.15) is 5.75 Å². The second-order valence-corrected chi connectivity index (χ2v) is 6.18. The minimum absolute atomic E-state index is 0.238. The number of methoxy groups -OCH3 is 1. The largest absolute Gasteiger partial charge is 0.496 e. The standard InChI is InChI=1S/C15H19ClN2O2S/c1-20-12-9-10(16)5-6-11(12)13(19)18-15(14(17)21)7-3-2-4-8-15/h5-6,9H,2-4,7-8H2,1H3,(H2,17,21)(H,18,19). The van der Waals surface area contributed by atoms with E-state index in [0.29, 0.717) is 21.3 Å². The molecule has 0 radical (unpaired) electrons. The number of hydrogen-bond donors (Lipinski definition) is 2. The van der Waals surface area contributed by atoms with Crippen molar-refractivity contribution in [2.45, 2.75) is 37.6 Å². The van der Waals surface area contributed by atoms with Crippen LogP contribution in [0.4, 0.5) is 0 Å². The number of thiocarbonyl (C=S) groups is 1. The fraction of sp³-hybridized carbons (Fsp3) is 0.467. The van der Waals surface area contributed by atoms with Gasteiger partial charge in [-0.1, -0.05) is 43.1 Å². The summed E-state index contributed by atoms with van der Waals surface area (Å²) in [6.45, 7) is 0. The molecule has 1 aromatic rings. The lowest BCUT2D eigenvalue weighted by Gasteiger charge is -2.37. The lowest BCUT2D eigenvalue weighted by Crippen LogP contribution is -2.57. The van der Waals surface area contributed by atoms with E-state index in [2.05, 4.69) is 5.32 Å². The average molecular weight is 327 g/mol. The van der Waals surface area contributed by atoms with Crippen molar-refractivity contribution in [1.29, 1.82) is 0 Å². The van der Waals surface area contributed by atoms with E-state index >= 15 is 0 Å². The number of carbonyl (C=O) groups is 1. The van der Waals surface area contributed by atoms with Gasteiger partial charge in [-0.05, 0) is 31.0 Å². The lowest BCUT2D eigenvalue weighted by molar-refractivity contribution is 0.0905. The number of amides is 1. The molecule has 1 aliphatic rings. The molecule has 1 saturated carbocycles. The molecule has 0 aliphatic heterocycles. The molecular weight excluding hydrogens is 308 g/mol. The number of nitrogens with one attached hydrogen (secondary N) is 1. The molecule has 4 nitrogen and oxygen atoms in total. The van der Waals surface area contributed by atoms with E-state index < -0.39 is 5.54 Å². The first-order valence-corrected chi connectivity index (χ1v) is 7.73. The molecule has 1 aromatic carbocycles. The van der Waals surface area contributed by atoms with Crippen LogP contribution in [0.1, 0.15) is 42.5 Å². The first-order chi connectivity index (χ1) is 9.98. The molecule has 0 atom stereocenters. The van der Waals surface area contributed by atoms with Gasteiger partial charge in [0.05, 0.1) is 23.2 Å². The van der Waals surface area contributed by atoms with Gasteiger partial charge in [-0.3, -0.25) is 4.79 Å². The Labute approximate surface area is 135 Å². The lowest BCUT2D eigenvalue weighted by atomic mass is 9.81. The Morgan fingerprint density at radius 2 is 2.05 bits per heavy atom. The van der Waals surface area contributed by atoms with Gasteiger partial charge < -0.3 is 15.8 Å². The zero-order valence-corrected chi connectivity index (χ0v) is 13.5. The molecule has 0 spiro atoms. The van der Waals surface area contributed by atoms with Crippen LogP contribution < -0.4 is 15.8 Å². The zero-order valence-electron chi connectivity index (χ0n) is 11.9. The molecule has 0 heterocycles. The summed E-state index contributed by atoms with van der Waals surface area (Å²) in [5.74, 6) is 0.201. The Kier molecular flexibility index (Phi) is 5.06. The van der Waals surface area contributed by atoms with Crippen molar-refractivity contribution in [1.82, 2.24) is 5.32 Å². The summed E-state index contributed by atoms with van der Waals surface area (Å²) in [7, 11) is 1.51.